The summed E-state index contributed by atoms with van der Waals surface area (Å²) in [5.41, 5.74) is 1.74. The molecule has 0 saturated heterocycles. The zero-order valence-electron chi connectivity index (χ0n) is 15.5. The average Bonchev–Trinajstić information content (AvgIpc) is 3.20. The Morgan fingerprint density at radius 1 is 1.28 bits per heavy atom. The van der Waals surface area contributed by atoms with Gasteiger partial charge in [-0.05, 0) is 30.3 Å². The highest BCUT2D eigenvalue weighted by molar-refractivity contribution is 6.31. The first-order valence-electron chi connectivity index (χ1n) is 8.99. The third-order valence-electron chi connectivity index (χ3n) is 4.34. The molecule has 9 heteroatoms. The molecule has 148 valence electrons. The number of aromatic nitrogens is 2. The number of carbonyl (C=O) groups is 2. The fourth-order valence-corrected chi connectivity index (χ4v) is 3.11. The van der Waals surface area contributed by atoms with Crippen LogP contribution in [0.1, 0.15) is 12.8 Å². The zero-order chi connectivity index (χ0) is 20.4. The molecule has 0 saturated carbocycles. The van der Waals surface area contributed by atoms with Gasteiger partial charge in [0.1, 0.15) is 12.3 Å². The van der Waals surface area contributed by atoms with E-state index in [-0.39, 0.29) is 25.0 Å². The molecule has 2 amide bonds. The van der Waals surface area contributed by atoms with Crippen molar-refractivity contribution in [1.29, 1.82) is 0 Å². The van der Waals surface area contributed by atoms with Gasteiger partial charge in [0.25, 0.3) is 5.91 Å². The summed E-state index contributed by atoms with van der Waals surface area (Å²) in [6.07, 6.45) is 0.641. The van der Waals surface area contributed by atoms with E-state index in [4.69, 9.17) is 20.9 Å². The molecule has 0 atom stereocenters. The maximum atomic E-state index is 12.6. The Labute approximate surface area is 171 Å². The third-order valence-corrected chi connectivity index (χ3v) is 4.58. The van der Waals surface area contributed by atoms with Crippen LogP contribution >= 0.6 is 11.6 Å². The van der Waals surface area contributed by atoms with Crippen molar-refractivity contribution in [2.45, 2.75) is 13.3 Å². The van der Waals surface area contributed by atoms with Crippen LogP contribution < -0.4 is 15.0 Å². The van der Waals surface area contributed by atoms with Gasteiger partial charge in [-0.15, -0.1) is 0 Å². The summed E-state index contributed by atoms with van der Waals surface area (Å²) in [5, 5.41) is 7.18. The Bertz CT molecular complexity index is 1080. The maximum Gasteiger partial charge on any atom is 0.265 e. The highest BCUT2D eigenvalue weighted by atomic mass is 35.5. The number of amides is 2. The molecule has 2 heterocycles. The number of hydrogen-bond acceptors (Lipinski definition) is 6. The Morgan fingerprint density at radius 3 is 2.93 bits per heavy atom. The van der Waals surface area contributed by atoms with Gasteiger partial charge in [0.2, 0.25) is 17.6 Å². The van der Waals surface area contributed by atoms with E-state index >= 15 is 0 Å². The summed E-state index contributed by atoms with van der Waals surface area (Å²) in [6.45, 7) is 1.63. The number of benzene rings is 2. The Balaban J connectivity index is 1.50. The molecule has 0 spiro atoms. The number of rotatable bonds is 5. The predicted octanol–water partition coefficient (Wildman–Crippen LogP) is 3.32. The molecule has 29 heavy (non-hydrogen) atoms. The van der Waals surface area contributed by atoms with Crippen LogP contribution in [0.2, 0.25) is 5.02 Å². The van der Waals surface area contributed by atoms with Gasteiger partial charge in [-0.25, -0.2) is 0 Å². The molecule has 8 nitrogen and oxygen atoms in total. The van der Waals surface area contributed by atoms with E-state index in [1.54, 1.807) is 36.4 Å². The van der Waals surface area contributed by atoms with Crippen LogP contribution in [0.5, 0.6) is 5.75 Å². The minimum atomic E-state index is -0.356. The van der Waals surface area contributed by atoms with Crippen LogP contribution in [0.25, 0.3) is 11.4 Å². The summed E-state index contributed by atoms with van der Waals surface area (Å²) >= 11 is 6.03. The first-order chi connectivity index (χ1) is 14.0. The van der Waals surface area contributed by atoms with Crippen LogP contribution in [-0.2, 0) is 16.0 Å². The second-order valence-electron chi connectivity index (χ2n) is 6.37. The van der Waals surface area contributed by atoms with E-state index in [9.17, 15) is 9.59 Å². The van der Waals surface area contributed by atoms with Gasteiger partial charge in [-0.1, -0.05) is 35.8 Å². The summed E-state index contributed by atoms with van der Waals surface area (Å²) < 4.78 is 10.5. The van der Waals surface area contributed by atoms with Crippen LogP contribution in [0.15, 0.2) is 47.0 Å². The zero-order valence-corrected chi connectivity index (χ0v) is 16.3. The molecule has 1 aliphatic heterocycles. The molecule has 1 aromatic heterocycles. The van der Waals surface area contributed by atoms with Crippen LogP contribution in [0, 0.1) is 0 Å². The number of hydrogen-bond donors (Lipinski definition) is 1. The third kappa shape index (κ3) is 4.07. The number of nitrogens with one attached hydrogen (secondary N) is 1. The van der Waals surface area contributed by atoms with Crippen molar-refractivity contribution < 1.29 is 18.8 Å². The molecule has 0 radical (unpaired) electrons. The minimum Gasteiger partial charge on any atom is -0.482 e. The van der Waals surface area contributed by atoms with E-state index in [1.807, 2.05) is 13.0 Å². The summed E-state index contributed by atoms with van der Waals surface area (Å²) in [4.78, 5) is 30.5. The standard InChI is InChI=1S/C20H17ClN4O4/c1-2-18-23-20(24-29-18)12-4-3-5-14(8-12)22-17(26)10-25-15-9-13(21)6-7-16(15)28-11-19(25)27/h3-9H,2,10-11H2,1H3,(H,22,26). The number of halogens is 1. The van der Waals surface area contributed by atoms with E-state index in [2.05, 4.69) is 15.5 Å². The fraction of sp³-hybridized carbons (Fsp3) is 0.200. The molecular formula is C20H17ClN4O4. The van der Waals surface area contributed by atoms with Gasteiger partial charge in [0, 0.05) is 22.7 Å². The van der Waals surface area contributed by atoms with Crippen molar-refractivity contribution in [3.05, 3.63) is 53.4 Å². The first-order valence-corrected chi connectivity index (χ1v) is 9.37. The minimum absolute atomic E-state index is 0.130. The maximum absolute atomic E-state index is 12.6. The molecule has 4 rings (SSSR count). The number of anilines is 2. The van der Waals surface area contributed by atoms with Gasteiger partial charge in [0.15, 0.2) is 6.61 Å². The molecule has 0 aliphatic carbocycles. The first kappa shape index (κ1) is 18.9. The monoisotopic (exact) mass is 412 g/mol. The Hall–Kier alpha value is -3.39. The molecule has 3 aromatic rings. The molecular weight excluding hydrogens is 396 g/mol. The predicted molar refractivity (Wildman–Crippen MR) is 107 cm³/mol. The van der Waals surface area contributed by atoms with Gasteiger partial charge >= 0.3 is 0 Å². The molecule has 2 aromatic carbocycles. The number of aryl methyl sites for hydroxylation is 1. The molecule has 1 aliphatic rings. The van der Waals surface area contributed by atoms with Crippen LogP contribution in [-0.4, -0.2) is 35.1 Å². The molecule has 0 fully saturated rings. The SMILES string of the molecule is CCc1nc(-c2cccc(NC(=O)CN3C(=O)COc4ccc(Cl)cc43)c2)no1. The van der Waals surface area contributed by atoms with Gasteiger partial charge < -0.3 is 14.6 Å². The number of carbonyl (C=O) groups excluding carboxylic acids is 2. The second kappa shape index (κ2) is 7.92. The lowest BCUT2D eigenvalue weighted by atomic mass is 10.2. The average molecular weight is 413 g/mol. The van der Waals surface area contributed by atoms with Crippen molar-refractivity contribution in [3.63, 3.8) is 0 Å². The summed E-state index contributed by atoms with van der Waals surface area (Å²) in [5.74, 6) is 0.823. The van der Waals surface area contributed by atoms with Crippen LogP contribution in [0.3, 0.4) is 0 Å². The van der Waals surface area contributed by atoms with E-state index in [0.717, 1.165) is 0 Å². The van der Waals surface area contributed by atoms with Crippen LogP contribution in [0.4, 0.5) is 11.4 Å². The Kier molecular flexibility index (Phi) is 5.18. The topological polar surface area (TPSA) is 97.6 Å². The van der Waals surface area contributed by atoms with Gasteiger partial charge in [-0.2, -0.15) is 4.98 Å². The normalized spacial score (nSPS) is 13.0. The smallest absolute Gasteiger partial charge is 0.265 e. The highest BCUT2D eigenvalue weighted by Gasteiger charge is 2.27. The lowest BCUT2D eigenvalue weighted by Gasteiger charge is -2.29. The van der Waals surface area contributed by atoms with Crippen molar-refractivity contribution in [1.82, 2.24) is 10.1 Å². The van der Waals surface area contributed by atoms with E-state index in [1.165, 1.54) is 4.90 Å². The lowest BCUT2D eigenvalue weighted by Crippen LogP contribution is -2.43. The molecule has 0 unspecified atom stereocenters. The van der Waals surface area contributed by atoms with Crippen molar-refractivity contribution >= 4 is 34.8 Å². The lowest BCUT2D eigenvalue weighted by molar-refractivity contribution is -0.123. The number of ether oxygens (including phenoxy) is 1. The number of nitrogens with zero attached hydrogens (tertiary/aromatic N) is 3. The second-order valence-corrected chi connectivity index (χ2v) is 6.81. The summed E-state index contributed by atoms with van der Waals surface area (Å²) in [6, 6.07) is 12.0. The van der Waals surface area contributed by atoms with Crippen molar-refractivity contribution in [3.8, 4) is 17.1 Å². The molecule has 1 N–H and O–H groups in total. The van der Waals surface area contributed by atoms with E-state index < -0.39 is 0 Å². The van der Waals surface area contributed by atoms with Crippen molar-refractivity contribution in [2.24, 2.45) is 0 Å². The van der Waals surface area contributed by atoms with Gasteiger partial charge in [-0.3, -0.25) is 14.5 Å². The quantitative estimate of drug-likeness (QED) is 0.690. The fourth-order valence-electron chi connectivity index (χ4n) is 2.94. The van der Waals surface area contributed by atoms with Crippen molar-refractivity contribution in [2.75, 3.05) is 23.4 Å². The van der Waals surface area contributed by atoms with E-state index in [0.29, 0.717) is 45.8 Å². The largest absolute Gasteiger partial charge is 0.482 e. The van der Waals surface area contributed by atoms with Gasteiger partial charge in [0.05, 0.1) is 5.69 Å². The number of fused-ring (bicyclic) bond motifs is 1. The Morgan fingerprint density at radius 2 is 2.14 bits per heavy atom. The summed E-state index contributed by atoms with van der Waals surface area (Å²) in [7, 11) is 0. The molecule has 0 bridgehead atoms. The highest BCUT2D eigenvalue weighted by Crippen LogP contribution is 2.34.